The lowest BCUT2D eigenvalue weighted by Gasteiger charge is -2.29. The standard InChI is InChI=1S/C20H17FN2.H2O4S/c1-20(2)11-16-15(7-5-8-17(16)21)19(23-20)14-10-13-6-3-4-9-18(13)22-12-14;1-5(2,3)4/h3-10,12H,11H2,1-2H3;(H2,1,2,3,4). The summed E-state index contributed by atoms with van der Waals surface area (Å²) in [5.74, 6) is -0.156. The van der Waals surface area contributed by atoms with E-state index in [-0.39, 0.29) is 11.4 Å². The lowest BCUT2D eigenvalue weighted by molar-refractivity contribution is 0.381. The van der Waals surface area contributed by atoms with Crippen molar-refractivity contribution in [1.82, 2.24) is 4.98 Å². The van der Waals surface area contributed by atoms with E-state index in [9.17, 15) is 4.39 Å². The predicted octanol–water partition coefficient (Wildman–Crippen LogP) is 3.89. The average molecular weight is 402 g/mol. The Labute approximate surface area is 162 Å². The number of nitrogens with zero attached hydrogens (tertiary/aromatic N) is 2. The molecule has 6 nitrogen and oxygen atoms in total. The van der Waals surface area contributed by atoms with Crippen LogP contribution in [0.15, 0.2) is 59.7 Å². The lowest BCUT2D eigenvalue weighted by Crippen LogP contribution is -2.30. The van der Waals surface area contributed by atoms with E-state index >= 15 is 0 Å². The van der Waals surface area contributed by atoms with Crippen LogP contribution in [-0.2, 0) is 16.8 Å². The monoisotopic (exact) mass is 402 g/mol. The molecule has 28 heavy (non-hydrogen) atoms. The van der Waals surface area contributed by atoms with Crippen LogP contribution in [0.2, 0.25) is 0 Å². The first-order valence-electron chi connectivity index (χ1n) is 8.46. The molecule has 1 aromatic heterocycles. The van der Waals surface area contributed by atoms with Gasteiger partial charge in [-0.3, -0.25) is 19.1 Å². The molecule has 0 atom stereocenters. The number of fused-ring (bicyclic) bond motifs is 2. The summed E-state index contributed by atoms with van der Waals surface area (Å²) in [4.78, 5) is 9.41. The molecule has 8 heteroatoms. The van der Waals surface area contributed by atoms with Crippen molar-refractivity contribution in [3.05, 3.63) is 77.2 Å². The summed E-state index contributed by atoms with van der Waals surface area (Å²) in [7, 11) is -4.67. The molecule has 0 aliphatic carbocycles. The zero-order chi connectivity index (χ0) is 20.5. The number of aliphatic imine (C=N–C) groups is 1. The van der Waals surface area contributed by atoms with Crippen molar-refractivity contribution in [3.8, 4) is 0 Å². The molecular formula is C20H19FN2O4S. The number of halogens is 1. The second-order valence-electron chi connectivity index (χ2n) is 7.08. The molecule has 4 rings (SSSR count). The van der Waals surface area contributed by atoms with Gasteiger partial charge in [0, 0.05) is 29.1 Å². The molecule has 2 aromatic carbocycles. The fourth-order valence-electron chi connectivity index (χ4n) is 3.22. The quantitative estimate of drug-likeness (QED) is 0.602. The number of benzene rings is 2. The van der Waals surface area contributed by atoms with Crippen LogP contribution in [0.25, 0.3) is 10.9 Å². The van der Waals surface area contributed by atoms with E-state index in [1.807, 2.05) is 50.4 Å². The summed E-state index contributed by atoms with van der Waals surface area (Å²) >= 11 is 0. The molecule has 146 valence electrons. The molecule has 0 radical (unpaired) electrons. The van der Waals surface area contributed by atoms with Gasteiger partial charge in [-0.15, -0.1) is 0 Å². The van der Waals surface area contributed by atoms with Gasteiger partial charge in [0.05, 0.1) is 16.8 Å². The Morgan fingerprint density at radius 2 is 1.75 bits per heavy atom. The number of pyridine rings is 1. The average Bonchev–Trinajstić information content (AvgIpc) is 2.60. The van der Waals surface area contributed by atoms with E-state index < -0.39 is 10.4 Å². The molecular weight excluding hydrogens is 383 g/mol. The first kappa shape index (κ1) is 20.1. The van der Waals surface area contributed by atoms with Crippen LogP contribution in [-0.4, -0.2) is 33.8 Å². The van der Waals surface area contributed by atoms with Crippen molar-refractivity contribution in [2.24, 2.45) is 4.99 Å². The summed E-state index contributed by atoms with van der Waals surface area (Å²) in [5.41, 5.74) is 4.01. The zero-order valence-corrected chi connectivity index (χ0v) is 16.1. The van der Waals surface area contributed by atoms with Gasteiger partial charge in [-0.2, -0.15) is 8.42 Å². The Kier molecular flexibility index (Phi) is 5.29. The third-order valence-corrected chi connectivity index (χ3v) is 4.26. The van der Waals surface area contributed by atoms with Crippen molar-refractivity contribution in [1.29, 1.82) is 0 Å². The van der Waals surface area contributed by atoms with Crippen molar-refractivity contribution < 1.29 is 21.9 Å². The Balaban J connectivity index is 0.000000403. The minimum absolute atomic E-state index is 0.156. The van der Waals surface area contributed by atoms with E-state index in [4.69, 9.17) is 22.5 Å². The highest BCUT2D eigenvalue weighted by Gasteiger charge is 2.29. The van der Waals surface area contributed by atoms with Crippen LogP contribution in [0.1, 0.15) is 30.5 Å². The summed E-state index contributed by atoms with van der Waals surface area (Å²) in [6.07, 6.45) is 2.44. The number of hydrogen-bond donors (Lipinski definition) is 2. The van der Waals surface area contributed by atoms with Gasteiger partial charge in [-0.25, -0.2) is 4.39 Å². The normalized spacial score (nSPS) is 15.2. The van der Waals surface area contributed by atoms with Gasteiger partial charge in [-0.1, -0.05) is 30.3 Å². The second kappa shape index (κ2) is 7.38. The van der Waals surface area contributed by atoms with E-state index in [0.29, 0.717) is 6.42 Å². The first-order chi connectivity index (χ1) is 13.0. The number of aromatic nitrogens is 1. The van der Waals surface area contributed by atoms with Gasteiger partial charge in [-0.05, 0) is 37.6 Å². The predicted molar refractivity (Wildman–Crippen MR) is 106 cm³/mol. The summed E-state index contributed by atoms with van der Waals surface area (Å²) in [6.45, 7) is 4.08. The lowest BCUT2D eigenvalue weighted by atomic mass is 9.85. The molecule has 0 bridgehead atoms. The molecule has 0 saturated heterocycles. The first-order valence-corrected chi connectivity index (χ1v) is 9.86. The van der Waals surface area contributed by atoms with E-state index in [2.05, 4.69) is 11.1 Å². The van der Waals surface area contributed by atoms with Gasteiger partial charge < -0.3 is 0 Å². The SMILES string of the molecule is CC1(C)Cc2c(F)cccc2C(c2cnc3ccccc3c2)=N1.O=S(=O)(O)O. The highest BCUT2D eigenvalue weighted by Crippen LogP contribution is 2.31. The molecule has 0 fully saturated rings. The van der Waals surface area contributed by atoms with E-state index in [0.717, 1.165) is 33.3 Å². The smallest absolute Gasteiger partial charge is 0.278 e. The summed E-state index contributed by atoms with van der Waals surface area (Å²) < 4.78 is 45.9. The van der Waals surface area contributed by atoms with Gasteiger partial charge in [0.1, 0.15) is 5.82 Å². The maximum absolute atomic E-state index is 14.3. The van der Waals surface area contributed by atoms with Gasteiger partial charge >= 0.3 is 10.4 Å². The third kappa shape index (κ3) is 4.78. The molecule has 1 aliphatic rings. The maximum atomic E-state index is 14.3. The van der Waals surface area contributed by atoms with Crippen LogP contribution in [0, 0.1) is 5.82 Å². The molecule has 0 saturated carbocycles. The van der Waals surface area contributed by atoms with Gasteiger partial charge in [0.25, 0.3) is 0 Å². The molecule has 3 aromatic rings. The highest BCUT2D eigenvalue weighted by molar-refractivity contribution is 7.79. The molecule has 0 amide bonds. The summed E-state index contributed by atoms with van der Waals surface area (Å²) in [6, 6.07) is 15.3. The fraction of sp³-hybridized carbons (Fsp3) is 0.200. The second-order valence-corrected chi connectivity index (χ2v) is 7.98. The molecule has 0 spiro atoms. The van der Waals surface area contributed by atoms with Crippen molar-refractivity contribution in [2.45, 2.75) is 25.8 Å². The van der Waals surface area contributed by atoms with Crippen molar-refractivity contribution in [3.63, 3.8) is 0 Å². The molecule has 1 aliphatic heterocycles. The van der Waals surface area contributed by atoms with Crippen LogP contribution >= 0.6 is 0 Å². The van der Waals surface area contributed by atoms with Crippen LogP contribution < -0.4 is 0 Å². The topological polar surface area (TPSA) is 99.9 Å². The van der Waals surface area contributed by atoms with Crippen molar-refractivity contribution >= 4 is 27.0 Å². The number of rotatable bonds is 1. The molecule has 2 N–H and O–H groups in total. The van der Waals surface area contributed by atoms with Crippen LogP contribution in [0.3, 0.4) is 0 Å². The van der Waals surface area contributed by atoms with Gasteiger partial charge in [0.15, 0.2) is 0 Å². The van der Waals surface area contributed by atoms with E-state index in [1.165, 1.54) is 6.07 Å². The Morgan fingerprint density at radius 1 is 1.07 bits per heavy atom. The molecule has 0 unspecified atom stereocenters. The van der Waals surface area contributed by atoms with Crippen molar-refractivity contribution in [2.75, 3.05) is 0 Å². The number of hydrogen-bond acceptors (Lipinski definition) is 4. The largest absolute Gasteiger partial charge is 0.394 e. The Hall–Kier alpha value is -2.68. The van der Waals surface area contributed by atoms with Crippen LogP contribution in [0.4, 0.5) is 4.39 Å². The maximum Gasteiger partial charge on any atom is 0.394 e. The van der Waals surface area contributed by atoms with E-state index in [1.54, 1.807) is 6.07 Å². The zero-order valence-electron chi connectivity index (χ0n) is 15.3. The Bertz CT molecular complexity index is 1170. The highest BCUT2D eigenvalue weighted by atomic mass is 32.3. The fourth-order valence-corrected chi connectivity index (χ4v) is 3.22. The minimum atomic E-state index is -4.67. The Morgan fingerprint density at radius 3 is 2.46 bits per heavy atom. The third-order valence-electron chi connectivity index (χ3n) is 4.26. The molecule has 2 heterocycles. The minimum Gasteiger partial charge on any atom is -0.278 e. The number of para-hydroxylation sites is 1. The van der Waals surface area contributed by atoms with Gasteiger partial charge in [0.2, 0.25) is 0 Å². The van der Waals surface area contributed by atoms with Crippen LogP contribution in [0.5, 0.6) is 0 Å². The summed E-state index contributed by atoms with van der Waals surface area (Å²) in [5, 5.41) is 1.06.